The number of halogens is 1. The molecule has 0 amide bonds. The zero-order valence-electron chi connectivity index (χ0n) is 16.4. The first kappa shape index (κ1) is 18.9. The predicted molar refractivity (Wildman–Crippen MR) is 116 cm³/mol. The van der Waals surface area contributed by atoms with Gasteiger partial charge in [-0.25, -0.2) is 24.3 Å². The van der Waals surface area contributed by atoms with Crippen molar-refractivity contribution in [3.05, 3.63) is 83.2 Å². The number of hydrogen-bond donors (Lipinski definition) is 2. The van der Waals surface area contributed by atoms with Crippen molar-refractivity contribution < 1.29 is 4.39 Å². The van der Waals surface area contributed by atoms with Crippen LogP contribution in [0, 0.1) is 5.82 Å². The van der Waals surface area contributed by atoms with Gasteiger partial charge >= 0.3 is 0 Å². The monoisotopic (exact) mass is 411 g/mol. The van der Waals surface area contributed by atoms with E-state index in [2.05, 4.69) is 30.2 Å². The van der Waals surface area contributed by atoms with Crippen LogP contribution in [0.3, 0.4) is 0 Å². The molecule has 5 rings (SSSR count). The number of aromatic nitrogens is 6. The Morgan fingerprint density at radius 1 is 1.13 bits per heavy atom. The molecule has 0 fully saturated rings. The van der Waals surface area contributed by atoms with Gasteiger partial charge in [-0.3, -0.25) is 9.36 Å². The van der Waals surface area contributed by atoms with Gasteiger partial charge in [-0.1, -0.05) is 18.2 Å². The van der Waals surface area contributed by atoms with Crippen molar-refractivity contribution in [2.45, 2.75) is 12.4 Å². The number of hydrogen-bond acceptors (Lipinski definition) is 6. The standard InChI is InChI=1S/C21H15BFN7O/c1-21(22,29-18-16-17(25-10-24-16)26-11-27-18)20-28-15-8-7-12(23)9-14(15)19(31)30(20)13-5-3-2-4-6-13/h2-11H,1H3,(H2,24,25,26,27,29)/t21-/m0/s1. The predicted octanol–water partition coefficient (Wildman–Crippen LogP) is 2.64. The molecule has 0 aliphatic heterocycles. The van der Waals surface area contributed by atoms with Crippen LogP contribution in [0.2, 0.25) is 0 Å². The van der Waals surface area contributed by atoms with Gasteiger partial charge in [0, 0.05) is 0 Å². The topological polar surface area (TPSA) is 101 Å². The van der Waals surface area contributed by atoms with Gasteiger partial charge < -0.3 is 10.3 Å². The number of imidazole rings is 1. The zero-order valence-corrected chi connectivity index (χ0v) is 16.4. The van der Waals surface area contributed by atoms with E-state index in [1.54, 1.807) is 31.2 Å². The fourth-order valence-electron chi connectivity index (χ4n) is 3.48. The number of aromatic amines is 1. The summed E-state index contributed by atoms with van der Waals surface area (Å²) in [5, 5.41) is 3.29. The summed E-state index contributed by atoms with van der Waals surface area (Å²) >= 11 is 0. The van der Waals surface area contributed by atoms with E-state index in [0.717, 1.165) is 0 Å². The van der Waals surface area contributed by atoms with E-state index in [1.165, 1.54) is 35.4 Å². The first-order valence-corrected chi connectivity index (χ1v) is 9.43. The van der Waals surface area contributed by atoms with Gasteiger partial charge in [0.15, 0.2) is 11.5 Å². The molecule has 10 heteroatoms. The van der Waals surface area contributed by atoms with Gasteiger partial charge in [-0.05, 0) is 37.3 Å². The summed E-state index contributed by atoms with van der Waals surface area (Å²) in [5.41, 5.74) is 0.143. The smallest absolute Gasteiger partial charge is 0.266 e. The number of anilines is 1. The van der Waals surface area contributed by atoms with Crippen LogP contribution in [-0.2, 0) is 5.44 Å². The summed E-state index contributed by atoms with van der Waals surface area (Å²) in [4.78, 5) is 33.5. The van der Waals surface area contributed by atoms with Crippen LogP contribution < -0.4 is 10.9 Å². The van der Waals surface area contributed by atoms with Gasteiger partial charge in [0.25, 0.3) is 5.56 Å². The quantitative estimate of drug-likeness (QED) is 0.441. The van der Waals surface area contributed by atoms with Crippen molar-refractivity contribution in [2.75, 3.05) is 5.32 Å². The van der Waals surface area contributed by atoms with Gasteiger partial charge in [-0.2, -0.15) is 0 Å². The molecule has 0 bridgehead atoms. The molecule has 3 aromatic heterocycles. The van der Waals surface area contributed by atoms with E-state index in [1.807, 2.05) is 6.07 Å². The lowest BCUT2D eigenvalue weighted by Crippen LogP contribution is -2.40. The van der Waals surface area contributed by atoms with Crippen LogP contribution in [0.5, 0.6) is 0 Å². The molecule has 2 aromatic carbocycles. The Labute approximate surface area is 176 Å². The SMILES string of the molecule is [B][C@@](C)(Nc1ncnc2nc[nH]c12)c1nc2ccc(F)cc2c(=O)n1-c1ccccc1. The second-order valence-corrected chi connectivity index (χ2v) is 7.22. The third kappa shape index (κ3) is 3.22. The van der Waals surface area contributed by atoms with Crippen LogP contribution in [0.25, 0.3) is 27.8 Å². The number of fused-ring (bicyclic) bond motifs is 2. The Morgan fingerprint density at radius 2 is 1.94 bits per heavy atom. The van der Waals surface area contributed by atoms with Gasteiger partial charge in [0.1, 0.15) is 31.3 Å². The lowest BCUT2D eigenvalue weighted by molar-refractivity contribution is 0.628. The van der Waals surface area contributed by atoms with Gasteiger partial charge in [0.2, 0.25) is 0 Å². The largest absolute Gasteiger partial charge is 0.364 e. The molecule has 0 spiro atoms. The molecule has 8 nitrogen and oxygen atoms in total. The Bertz CT molecular complexity index is 1480. The van der Waals surface area contributed by atoms with Crippen LogP contribution in [0.4, 0.5) is 10.2 Å². The molecule has 0 aliphatic carbocycles. The van der Waals surface area contributed by atoms with Gasteiger partial charge in [0.05, 0.1) is 28.4 Å². The van der Waals surface area contributed by atoms with E-state index >= 15 is 0 Å². The minimum Gasteiger partial charge on any atom is -0.364 e. The second kappa shape index (κ2) is 7.01. The maximum atomic E-state index is 13.9. The molecule has 5 aromatic rings. The van der Waals surface area contributed by atoms with Crippen LogP contribution in [-0.4, -0.2) is 37.3 Å². The summed E-state index contributed by atoms with van der Waals surface area (Å²) < 4.78 is 15.2. The van der Waals surface area contributed by atoms with Crippen LogP contribution in [0.15, 0.2) is 66.0 Å². The average Bonchev–Trinajstić information content (AvgIpc) is 3.24. The Kier molecular flexibility index (Phi) is 4.28. The van der Waals surface area contributed by atoms with Crippen molar-refractivity contribution >= 4 is 35.7 Å². The highest BCUT2D eigenvalue weighted by atomic mass is 19.1. The minimum atomic E-state index is -1.34. The number of H-pyrrole nitrogens is 1. The molecule has 2 radical (unpaired) electrons. The van der Waals surface area contributed by atoms with Crippen LogP contribution >= 0.6 is 0 Å². The fourth-order valence-corrected chi connectivity index (χ4v) is 3.48. The van der Waals surface area contributed by atoms with Crippen molar-refractivity contribution in [2.24, 2.45) is 0 Å². The lowest BCUT2D eigenvalue weighted by atomic mass is 9.78. The highest BCUT2D eigenvalue weighted by molar-refractivity contribution is 6.17. The number of para-hydroxylation sites is 1. The lowest BCUT2D eigenvalue weighted by Gasteiger charge is -2.30. The van der Waals surface area contributed by atoms with E-state index in [-0.39, 0.29) is 11.2 Å². The maximum absolute atomic E-state index is 13.9. The Hall–Kier alpha value is -4.08. The summed E-state index contributed by atoms with van der Waals surface area (Å²) in [6.07, 6.45) is 2.86. The van der Waals surface area contributed by atoms with E-state index in [9.17, 15) is 9.18 Å². The Balaban J connectivity index is 1.75. The van der Waals surface area contributed by atoms with Crippen molar-refractivity contribution in [3.63, 3.8) is 0 Å². The second-order valence-electron chi connectivity index (χ2n) is 7.22. The molecule has 0 unspecified atom stereocenters. The third-order valence-electron chi connectivity index (χ3n) is 4.91. The molecular formula is C21H15BFN7O. The first-order chi connectivity index (χ1) is 14.9. The van der Waals surface area contributed by atoms with Crippen molar-refractivity contribution in [1.29, 1.82) is 0 Å². The first-order valence-electron chi connectivity index (χ1n) is 9.43. The normalized spacial score (nSPS) is 13.4. The summed E-state index contributed by atoms with van der Waals surface area (Å²) in [7, 11) is 6.66. The molecular weight excluding hydrogens is 396 g/mol. The number of benzene rings is 2. The van der Waals surface area contributed by atoms with Gasteiger partial charge in [-0.15, -0.1) is 0 Å². The minimum absolute atomic E-state index is 0.154. The molecule has 0 saturated heterocycles. The Morgan fingerprint density at radius 3 is 2.74 bits per heavy atom. The van der Waals surface area contributed by atoms with Crippen molar-refractivity contribution in [3.8, 4) is 5.69 Å². The summed E-state index contributed by atoms with van der Waals surface area (Å²) in [6, 6.07) is 12.8. The van der Waals surface area contributed by atoms with E-state index < -0.39 is 16.8 Å². The summed E-state index contributed by atoms with van der Waals surface area (Å²) in [6.45, 7) is 1.67. The van der Waals surface area contributed by atoms with E-state index in [0.29, 0.717) is 28.2 Å². The molecule has 150 valence electrons. The molecule has 1 atom stereocenters. The third-order valence-corrected chi connectivity index (χ3v) is 4.91. The number of nitrogens with one attached hydrogen (secondary N) is 2. The molecule has 31 heavy (non-hydrogen) atoms. The summed E-state index contributed by atoms with van der Waals surface area (Å²) in [5.74, 6) is 0.115. The maximum Gasteiger partial charge on any atom is 0.266 e. The molecule has 0 saturated carbocycles. The molecule has 2 N–H and O–H groups in total. The highest BCUT2D eigenvalue weighted by Crippen LogP contribution is 2.26. The van der Waals surface area contributed by atoms with Crippen LogP contribution in [0.1, 0.15) is 12.7 Å². The van der Waals surface area contributed by atoms with Crippen molar-refractivity contribution in [1.82, 2.24) is 29.5 Å². The number of rotatable bonds is 4. The number of nitrogens with zero attached hydrogens (tertiary/aromatic N) is 5. The fraction of sp³-hybridized carbons (Fsp3) is 0.0952. The molecule has 3 heterocycles. The van der Waals surface area contributed by atoms with E-state index in [4.69, 9.17) is 7.85 Å². The highest BCUT2D eigenvalue weighted by Gasteiger charge is 2.29. The average molecular weight is 411 g/mol. The zero-order chi connectivity index (χ0) is 21.6. The molecule has 0 aliphatic rings.